The summed E-state index contributed by atoms with van der Waals surface area (Å²) in [5.41, 5.74) is 4.03. The first-order chi connectivity index (χ1) is 13.1. The maximum atomic E-state index is 12.7. The van der Waals surface area contributed by atoms with E-state index in [-0.39, 0.29) is 11.6 Å². The summed E-state index contributed by atoms with van der Waals surface area (Å²) in [6.07, 6.45) is 9.04. The smallest absolute Gasteiger partial charge is 0.270 e. The Morgan fingerprint density at radius 1 is 1.11 bits per heavy atom. The third-order valence-corrected chi connectivity index (χ3v) is 4.40. The highest BCUT2D eigenvalue weighted by Gasteiger charge is 2.32. The molecule has 6 nitrogen and oxygen atoms in total. The first-order valence-electron chi connectivity index (χ1n) is 8.13. The predicted molar refractivity (Wildman–Crippen MR) is 104 cm³/mol. The molecule has 0 bridgehead atoms. The van der Waals surface area contributed by atoms with Crippen molar-refractivity contribution in [1.29, 1.82) is 0 Å². The summed E-state index contributed by atoms with van der Waals surface area (Å²) >= 11 is 0. The van der Waals surface area contributed by atoms with Crippen molar-refractivity contribution in [3.05, 3.63) is 82.2 Å². The SMILES string of the molecule is C#CN1C(=O)/C(=C\c2ccc[nH]2)c2cc(-c3cccc([N+](=O)[O-])c3)ccc21. The molecular weight excluding hydrogens is 342 g/mol. The quantitative estimate of drug-likeness (QED) is 0.333. The fourth-order valence-corrected chi connectivity index (χ4v) is 3.13. The Balaban J connectivity index is 1.86. The minimum atomic E-state index is -0.433. The zero-order chi connectivity index (χ0) is 19.0. The average Bonchev–Trinajstić information content (AvgIpc) is 3.28. The van der Waals surface area contributed by atoms with Gasteiger partial charge in [0, 0.05) is 35.6 Å². The number of amides is 1. The summed E-state index contributed by atoms with van der Waals surface area (Å²) in [5, 5.41) is 11.0. The molecule has 0 saturated heterocycles. The molecule has 0 unspecified atom stereocenters. The fraction of sp³-hybridized carbons (Fsp3) is 0. The van der Waals surface area contributed by atoms with Gasteiger partial charge >= 0.3 is 0 Å². The topological polar surface area (TPSA) is 79.2 Å². The molecule has 4 rings (SSSR count). The van der Waals surface area contributed by atoms with Crippen molar-refractivity contribution < 1.29 is 9.72 Å². The lowest BCUT2D eigenvalue weighted by Crippen LogP contribution is -2.19. The van der Waals surface area contributed by atoms with Crippen LogP contribution in [-0.4, -0.2) is 15.8 Å². The molecule has 0 atom stereocenters. The molecule has 1 N–H and O–H groups in total. The van der Waals surface area contributed by atoms with Crippen LogP contribution in [0.3, 0.4) is 0 Å². The lowest BCUT2D eigenvalue weighted by molar-refractivity contribution is -0.384. The second-order valence-corrected chi connectivity index (χ2v) is 5.99. The van der Waals surface area contributed by atoms with Gasteiger partial charge in [0.05, 0.1) is 16.2 Å². The van der Waals surface area contributed by atoms with Crippen molar-refractivity contribution >= 4 is 28.9 Å². The molecule has 0 spiro atoms. The number of hydrogen-bond donors (Lipinski definition) is 1. The van der Waals surface area contributed by atoms with E-state index < -0.39 is 4.92 Å². The number of rotatable bonds is 3. The summed E-state index contributed by atoms with van der Waals surface area (Å²) in [4.78, 5) is 27.6. The molecule has 2 aromatic carbocycles. The number of nitro benzene ring substituents is 1. The van der Waals surface area contributed by atoms with Crippen LogP contribution in [-0.2, 0) is 4.79 Å². The second kappa shape index (κ2) is 6.32. The average molecular weight is 355 g/mol. The summed E-state index contributed by atoms with van der Waals surface area (Å²) in [7, 11) is 0. The molecule has 6 heteroatoms. The Labute approximate surface area is 154 Å². The van der Waals surface area contributed by atoms with Gasteiger partial charge in [-0.3, -0.25) is 14.9 Å². The fourth-order valence-electron chi connectivity index (χ4n) is 3.13. The molecular formula is C21H13N3O3. The van der Waals surface area contributed by atoms with Gasteiger partial charge in [0.1, 0.15) is 0 Å². The van der Waals surface area contributed by atoms with Crippen LogP contribution < -0.4 is 4.90 Å². The number of nitro groups is 1. The molecule has 1 aliphatic rings. The summed E-state index contributed by atoms with van der Waals surface area (Å²) in [5.74, 6) is -0.279. The Morgan fingerprint density at radius 3 is 2.63 bits per heavy atom. The van der Waals surface area contributed by atoms with Crippen molar-refractivity contribution in [2.75, 3.05) is 4.90 Å². The maximum absolute atomic E-state index is 12.7. The number of hydrogen-bond acceptors (Lipinski definition) is 3. The molecule has 130 valence electrons. The third kappa shape index (κ3) is 2.77. The number of H-pyrrole nitrogens is 1. The number of anilines is 1. The Kier molecular flexibility index (Phi) is 3.83. The maximum Gasteiger partial charge on any atom is 0.270 e. The third-order valence-electron chi connectivity index (χ3n) is 4.40. The van der Waals surface area contributed by atoms with Crippen LogP contribution in [0, 0.1) is 22.6 Å². The van der Waals surface area contributed by atoms with Gasteiger partial charge in [-0.2, -0.15) is 0 Å². The standard InChI is InChI=1S/C21H13N3O3/c1-2-23-20-9-8-15(14-5-3-7-17(11-14)24(26)27)12-18(20)19(21(23)25)13-16-6-4-10-22-16/h1,3-13,22H/b19-13-. The molecule has 0 aliphatic carbocycles. The second-order valence-electron chi connectivity index (χ2n) is 5.99. The predicted octanol–water partition coefficient (Wildman–Crippen LogP) is 4.07. The van der Waals surface area contributed by atoms with E-state index >= 15 is 0 Å². The minimum Gasteiger partial charge on any atom is -0.362 e. The van der Waals surface area contributed by atoms with Crippen molar-refractivity contribution in [3.8, 4) is 23.6 Å². The van der Waals surface area contributed by atoms with Gasteiger partial charge in [0.25, 0.3) is 11.6 Å². The zero-order valence-electron chi connectivity index (χ0n) is 14.0. The molecule has 3 aromatic rings. The Hall–Kier alpha value is -4.11. The number of benzene rings is 2. The van der Waals surface area contributed by atoms with Gasteiger partial charge in [-0.25, -0.2) is 4.90 Å². The number of carbonyl (C=O) groups excluding carboxylic acids is 1. The number of nitrogens with one attached hydrogen (secondary N) is 1. The van der Waals surface area contributed by atoms with Crippen LogP contribution in [0.4, 0.5) is 11.4 Å². The van der Waals surface area contributed by atoms with Crippen LogP contribution in [0.1, 0.15) is 11.3 Å². The molecule has 1 aromatic heterocycles. The molecule has 0 fully saturated rings. The van der Waals surface area contributed by atoms with Gasteiger partial charge in [-0.1, -0.05) is 24.6 Å². The van der Waals surface area contributed by atoms with Crippen LogP contribution in [0.2, 0.25) is 0 Å². The van der Waals surface area contributed by atoms with E-state index in [0.717, 1.165) is 11.3 Å². The van der Waals surface area contributed by atoms with E-state index in [1.54, 1.807) is 36.5 Å². The summed E-state index contributed by atoms with van der Waals surface area (Å²) in [6.45, 7) is 0. The molecule has 2 heterocycles. The van der Waals surface area contributed by atoms with Gasteiger partial charge in [-0.05, 0) is 41.5 Å². The van der Waals surface area contributed by atoms with Crippen LogP contribution in [0.25, 0.3) is 22.8 Å². The number of terminal acetylenes is 1. The number of non-ortho nitro benzene ring substituents is 1. The van der Waals surface area contributed by atoms with Crippen LogP contribution >= 0.6 is 0 Å². The minimum absolute atomic E-state index is 0.0106. The van der Waals surface area contributed by atoms with Gasteiger partial charge in [-0.15, -0.1) is 0 Å². The van der Waals surface area contributed by atoms with E-state index in [2.05, 4.69) is 11.0 Å². The number of carbonyl (C=O) groups is 1. The summed E-state index contributed by atoms with van der Waals surface area (Å²) in [6, 6.07) is 17.9. The largest absolute Gasteiger partial charge is 0.362 e. The lowest BCUT2D eigenvalue weighted by Gasteiger charge is -2.08. The molecule has 0 saturated carbocycles. The van der Waals surface area contributed by atoms with Crippen LogP contribution in [0.15, 0.2) is 60.8 Å². The lowest BCUT2D eigenvalue weighted by atomic mass is 9.98. The van der Waals surface area contributed by atoms with E-state index in [0.29, 0.717) is 22.4 Å². The highest BCUT2D eigenvalue weighted by molar-refractivity contribution is 6.37. The monoisotopic (exact) mass is 355 g/mol. The van der Waals surface area contributed by atoms with E-state index in [1.807, 2.05) is 18.2 Å². The van der Waals surface area contributed by atoms with Crippen molar-refractivity contribution in [1.82, 2.24) is 4.98 Å². The van der Waals surface area contributed by atoms with Gasteiger partial charge in [0.2, 0.25) is 0 Å². The van der Waals surface area contributed by atoms with E-state index in [1.165, 1.54) is 17.0 Å². The molecule has 1 aliphatic heterocycles. The van der Waals surface area contributed by atoms with E-state index in [9.17, 15) is 14.9 Å². The summed E-state index contributed by atoms with van der Waals surface area (Å²) < 4.78 is 0. The molecule has 1 amide bonds. The van der Waals surface area contributed by atoms with Crippen molar-refractivity contribution in [2.24, 2.45) is 0 Å². The van der Waals surface area contributed by atoms with Gasteiger partial charge < -0.3 is 4.98 Å². The Bertz CT molecular complexity index is 1140. The van der Waals surface area contributed by atoms with Crippen molar-refractivity contribution in [3.63, 3.8) is 0 Å². The number of aromatic nitrogens is 1. The first-order valence-corrected chi connectivity index (χ1v) is 8.13. The van der Waals surface area contributed by atoms with Crippen molar-refractivity contribution in [2.45, 2.75) is 0 Å². The first kappa shape index (κ1) is 16.4. The number of fused-ring (bicyclic) bond motifs is 1. The van der Waals surface area contributed by atoms with Crippen LogP contribution in [0.5, 0.6) is 0 Å². The zero-order valence-corrected chi connectivity index (χ0v) is 14.0. The number of nitrogens with zero attached hydrogens (tertiary/aromatic N) is 2. The highest BCUT2D eigenvalue weighted by atomic mass is 16.6. The highest BCUT2D eigenvalue weighted by Crippen LogP contribution is 2.40. The number of aromatic amines is 1. The van der Waals surface area contributed by atoms with E-state index in [4.69, 9.17) is 6.42 Å². The molecule has 27 heavy (non-hydrogen) atoms. The van der Waals surface area contributed by atoms with Gasteiger partial charge in [0.15, 0.2) is 0 Å². The molecule has 0 radical (unpaired) electrons. The Morgan fingerprint density at radius 2 is 1.93 bits per heavy atom. The normalized spacial score (nSPS) is 14.3.